The summed E-state index contributed by atoms with van der Waals surface area (Å²) in [6.07, 6.45) is 1.52. The summed E-state index contributed by atoms with van der Waals surface area (Å²) in [5, 5.41) is 6.04. The van der Waals surface area contributed by atoms with Crippen LogP contribution in [0.5, 0.6) is 5.75 Å². The second kappa shape index (κ2) is 9.98. The number of benzene rings is 1. The minimum atomic E-state index is -0.437. The highest BCUT2D eigenvalue weighted by molar-refractivity contribution is 7.99. The molecule has 9 heteroatoms. The molecule has 0 atom stereocenters. The van der Waals surface area contributed by atoms with E-state index < -0.39 is 5.91 Å². The van der Waals surface area contributed by atoms with Crippen LogP contribution in [-0.2, 0) is 4.79 Å². The summed E-state index contributed by atoms with van der Waals surface area (Å²) in [6, 6.07) is 6.98. The average Bonchev–Trinajstić information content (AvgIpc) is 2.64. The molecule has 138 valence electrons. The molecule has 2 aromatic rings. The first-order valence-corrected chi connectivity index (χ1v) is 9.27. The first-order valence-electron chi connectivity index (χ1n) is 7.91. The van der Waals surface area contributed by atoms with Crippen molar-refractivity contribution in [3.8, 4) is 5.75 Å². The third kappa shape index (κ3) is 5.89. The number of nitrogens with one attached hydrogen (secondary N) is 2. The Morgan fingerprint density at radius 2 is 2.00 bits per heavy atom. The van der Waals surface area contributed by atoms with Crippen LogP contribution in [0.2, 0.25) is 5.02 Å². The predicted octanol–water partition coefficient (Wildman–Crippen LogP) is 3.01. The van der Waals surface area contributed by atoms with Crippen molar-refractivity contribution in [1.82, 2.24) is 15.3 Å². The maximum atomic E-state index is 12.2. The van der Waals surface area contributed by atoms with Crippen LogP contribution in [0, 0.1) is 0 Å². The second-order valence-corrected chi connectivity index (χ2v) is 6.70. The van der Waals surface area contributed by atoms with Gasteiger partial charge in [0.1, 0.15) is 5.75 Å². The second-order valence-electron chi connectivity index (χ2n) is 5.06. The first kappa shape index (κ1) is 20.0. The maximum Gasteiger partial charge on any atom is 0.271 e. The summed E-state index contributed by atoms with van der Waals surface area (Å²) in [5.74, 6) is 0.838. The van der Waals surface area contributed by atoms with E-state index in [-0.39, 0.29) is 29.6 Å². The zero-order valence-corrected chi connectivity index (χ0v) is 16.0. The Balaban J connectivity index is 1.83. The van der Waals surface area contributed by atoms with Crippen molar-refractivity contribution in [2.75, 3.05) is 24.7 Å². The predicted molar refractivity (Wildman–Crippen MR) is 102 cm³/mol. The van der Waals surface area contributed by atoms with E-state index in [4.69, 9.17) is 16.3 Å². The van der Waals surface area contributed by atoms with E-state index in [2.05, 4.69) is 20.6 Å². The van der Waals surface area contributed by atoms with Gasteiger partial charge < -0.3 is 15.4 Å². The topological polar surface area (TPSA) is 93.2 Å². The number of hydrogen-bond donors (Lipinski definition) is 2. The Labute approximate surface area is 160 Å². The summed E-state index contributed by atoms with van der Waals surface area (Å²) >= 11 is 7.39. The Morgan fingerprint density at radius 3 is 2.65 bits per heavy atom. The SMILES string of the molecule is CCSc1ncc(Cl)c(C(=O)NCCC(=O)Nc2ccc(OC)cc2)n1. The number of anilines is 1. The number of nitrogens with zero attached hydrogens (tertiary/aromatic N) is 2. The normalized spacial score (nSPS) is 10.3. The van der Waals surface area contributed by atoms with Crippen molar-refractivity contribution in [2.24, 2.45) is 0 Å². The monoisotopic (exact) mass is 394 g/mol. The van der Waals surface area contributed by atoms with Gasteiger partial charge in [-0.2, -0.15) is 0 Å². The molecule has 1 aromatic heterocycles. The van der Waals surface area contributed by atoms with Crippen molar-refractivity contribution in [3.05, 3.63) is 41.2 Å². The number of carbonyl (C=O) groups is 2. The maximum absolute atomic E-state index is 12.2. The molecule has 26 heavy (non-hydrogen) atoms. The van der Waals surface area contributed by atoms with Gasteiger partial charge in [-0.1, -0.05) is 30.3 Å². The highest BCUT2D eigenvalue weighted by Crippen LogP contribution is 2.18. The molecular weight excluding hydrogens is 376 g/mol. The highest BCUT2D eigenvalue weighted by atomic mass is 35.5. The lowest BCUT2D eigenvalue weighted by molar-refractivity contribution is -0.116. The highest BCUT2D eigenvalue weighted by Gasteiger charge is 2.14. The van der Waals surface area contributed by atoms with Crippen molar-refractivity contribution in [3.63, 3.8) is 0 Å². The Morgan fingerprint density at radius 1 is 1.27 bits per heavy atom. The van der Waals surface area contributed by atoms with Gasteiger partial charge in [-0.3, -0.25) is 9.59 Å². The van der Waals surface area contributed by atoms with Crippen LogP contribution in [0.25, 0.3) is 0 Å². The van der Waals surface area contributed by atoms with Gasteiger partial charge in [0, 0.05) is 18.7 Å². The minimum Gasteiger partial charge on any atom is -0.497 e. The summed E-state index contributed by atoms with van der Waals surface area (Å²) in [4.78, 5) is 32.3. The molecule has 0 aliphatic rings. The van der Waals surface area contributed by atoms with E-state index in [1.54, 1.807) is 31.4 Å². The van der Waals surface area contributed by atoms with Crippen LogP contribution in [-0.4, -0.2) is 41.2 Å². The Hall–Kier alpha value is -2.32. The van der Waals surface area contributed by atoms with E-state index in [1.807, 2.05) is 6.92 Å². The summed E-state index contributed by atoms with van der Waals surface area (Å²) in [5.41, 5.74) is 0.760. The molecule has 1 heterocycles. The van der Waals surface area contributed by atoms with Crippen LogP contribution in [0.1, 0.15) is 23.8 Å². The van der Waals surface area contributed by atoms with Gasteiger partial charge in [-0.25, -0.2) is 9.97 Å². The van der Waals surface area contributed by atoms with E-state index in [0.717, 1.165) is 5.75 Å². The lowest BCUT2D eigenvalue weighted by atomic mass is 10.3. The standard InChI is InChI=1S/C17H19ClN4O3S/c1-3-26-17-20-10-13(18)15(22-17)16(24)19-9-8-14(23)21-11-4-6-12(25-2)7-5-11/h4-7,10H,3,8-9H2,1-2H3,(H,19,24)(H,21,23). The molecule has 0 spiro atoms. The van der Waals surface area contributed by atoms with Gasteiger partial charge in [-0.15, -0.1) is 0 Å². The molecule has 0 saturated carbocycles. The van der Waals surface area contributed by atoms with Crippen LogP contribution in [0.3, 0.4) is 0 Å². The molecule has 2 rings (SSSR count). The number of hydrogen-bond acceptors (Lipinski definition) is 6. The number of methoxy groups -OCH3 is 1. The largest absolute Gasteiger partial charge is 0.497 e. The summed E-state index contributed by atoms with van der Waals surface area (Å²) in [6.45, 7) is 2.13. The molecule has 7 nitrogen and oxygen atoms in total. The molecule has 0 unspecified atom stereocenters. The number of amides is 2. The van der Waals surface area contributed by atoms with Gasteiger partial charge in [0.2, 0.25) is 5.91 Å². The average molecular weight is 395 g/mol. The molecule has 0 fully saturated rings. The number of aromatic nitrogens is 2. The minimum absolute atomic E-state index is 0.105. The van der Waals surface area contributed by atoms with E-state index in [1.165, 1.54) is 18.0 Å². The van der Waals surface area contributed by atoms with Gasteiger partial charge in [0.05, 0.1) is 18.3 Å². The number of thioether (sulfide) groups is 1. The molecule has 1 aromatic carbocycles. The molecule has 0 radical (unpaired) electrons. The molecule has 0 saturated heterocycles. The summed E-state index contributed by atoms with van der Waals surface area (Å²) in [7, 11) is 1.57. The summed E-state index contributed by atoms with van der Waals surface area (Å²) < 4.78 is 5.06. The zero-order chi connectivity index (χ0) is 18.9. The van der Waals surface area contributed by atoms with Crippen molar-refractivity contribution in [1.29, 1.82) is 0 Å². The van der Waals surface area contributed by atoms with Gasteiger partial charge in [-0.05, 0) is 30.0 Å². The lowest BCUT2D eigenvalue weighted by Crippen LogP contribution is -2.28. The fraction of sp³-hybridized carbons (Fsp3) is 0.294. The van der Waals surface area contributed by atoms with Gasteiger partial charge in [0.25, 0.3) is 5.91 Å². The van der Waals surface area contributed by atoms with Crippen LogP contribution < -0.4 is 15.4 Å². The Kier molecular flexibility index (Phi) is 7.68. The van der Waals surface area contributed by atoms with E-state index in [0.29, 0.717) is 16.6 Å². The van der Waals surface area contributed by atoms with Gasteiger partial charge in [0.15, 0.2) is 10.9 Å². The molecule has 2 amide bonds. The van der Waals surface area contributed by atoms with Crippen LogP contribution in [0.15, 0.2) is 35.6 Å². The smallest absolute Gasteiger partial charge is 0.271 e. The molecule has 0 aliphatic heterocycles. The number of ether oxygens (including phenoxy) is 1. The number of rotatable bonds is 8. The lowest BCUT2D eigenvalue weighted by Gasteiger charge is -2.08. The van der Waals surface area contributed by atoms with Crippen molar-refractivity contribution >= 4 is 40.9 Å². The van der Waals surface area contributed by atoms with Crippen molar-refractivity contribution in [2.45, 2.75) is 18.5 Å². The Bertz CT molecular complexity index is 771. The third-order valence-corrected chi connectivity index (χ3v) is 4.24. The van der Waals surface area contributed by atoms with Crippen molar-refractivity contribution < 1.29 is 14.3 Å². The molecule has 0 aliphatic carbocycles. The number of halogens is 1. The zero-order valence-electron chi connectivity index (χ0n) is 14.4. The van der Waals surface area contributed by atoms with E-state index >= 15 is 0 Å². The third-order valence-electron chi connectivity index (χ3n) is 3.22. The fourth-order valence-electron chi connectivity index (χ4n) is 1.98. The number of carbonyl (C=O) groups excluding carboxylic acids is 2. The van der Waals surface area contributed by atoms with Crippen LogP contribution >= 0.6 is 23.4 Å². The fourth-order valence-corrected chi connectivity index (χ4v) is 2.70. The molecule has 0 bridgehead atoms. The van der Waals surface area contributed by atoms with Crippen LogP contribution in [0.4, 0.5) is 5.69 Å². The first-order chi connectivity index (χ1) is 12.5. The molecule has 2 N–H and O–H groups in total. The quantitative estimate of drug-likeness (QED) is 0.528. The van der Waals surface area contributed by atoms with Gasteiger partial charge >= 0.3 is 0 Å². The van der Waals surface area contributed by atoms with E-state index in [9.17, 15) is 9.59 Å². The molecular formula is C17H19ClN4O3S.